The minimum absolute atomic E-state index is 0.0494. The number of carbonyl (C=O) groups is 1. The number of sulfone groups is 1. The first-order chi connectivity index (χ1) is 32.0. The molecule has 3 saturated heterocycles. The molecule has 3 aliphatic heterocycles. The standard InChI is InChI=1S/C56H75F2NO7SSi/c1-13-48-35(4)34(3)38(7)55(64-48)65-53-37(6)36(5)51(63-49(53)14-2)33-67(61,62)46-29-21-40(22-30-46)39-15-17-42(18-16-39)52-47(54(60)59(52)45-27-25-44(58)26-28-45)31-32-50(41-19-23-43(57)24-20-41)66-68(11,12)56(8,9)10/h15-30,34-38,47-53,55H,13-14,31-33H2,1-12H3/t34-,35+,36?,37+,38?,47+,48?,49?,50+,51-,52+,53+,55-/m0/s1. The van der Waals surface area contributed by atoms with Gasteiger partial charge in [0.1, 0.15) is 11.6 Å². The van der Waals surface area contributed by atoms with Gasteiger partial charge in [-0.15, -0.1) is 0 Å². The van der Waals surface area contributed by atoms with Crippen molar-refractivity contribution in [3.63, 3.8) is 0 Å². The molecule has 12 heteroatoms. The number of benzene rings is 4. The van der Waals surface area contributed by atoms with E-state index in [-0.39, 0.29) is 93.6 Å². The molecule has 0 spiro atoms. The molecule has 0 N–H and O–H groups in total. The zero-order valence-electron chi connectivity index (χ0n) is 42.2. The normalized spacial score (nSPS) is 29.7. The fraction of sp³-hybridized carbons (Fsp3) is 0.554. The molecular weight excluding hydrogens is 897 g/mol. The summed E-state index contributed by atoms with van der Waals surface area (Å²) in [4.78, 5) is 16.1. The van der Waals surface area contributed by atoms with Gasteiger partial charge in [-0.1, -0.05) is 118 Å². The number of carbonyl (C=O) groups excluding carboxylic acids is 1. The maximum absolute atomic E-state index is 14.1. The van der Waals surface area contributed by atoms with Crippen LogP contribution >= 0.6 is 0 Å². The second kappa shape index (κ2) is 20.9. The van der Waals surface area contributed by atoms with E-state index in [1.54, 1.807) is 41.3 Å². The zero-order chi connectivity index (χ0) is 49.5. The van der Waals surface area contributed by atoms with Crippen LogP contribution in [0, 0.1) is 47.1 Å². The Hall–Kier alpha value is -3.78. The Morgan fingerprint density at radius 3 is 1.79 bits per heavy atom. The molecule has 3 aliphatic rings. The number of hydrogen-bond donors (Lipinski definition) is 0. The molecule has 8 nitrogen and oxygen atoms in total. The van der Waals surface area contributed by atoms with Crippen LogP contribution in [0.15, 0.2) is 102 Å². The van der Waals surface area contributed by atoms with Crippen molar-refractivity contribution in [1.82, 2.24) is 0 Å². The average molecular weight is 972 g/mol. The van der Waals surface area contributed by atoms with Crippen LogP contribution in [0.25, 0.3) is 11.1 Å². The predicted molar refractivity (Wildman–Crippen MR) is 269 cm³/mol. The molecule has 370 valence electrons. The van der Waals surface area contributed by atoms with Crippen molar-refractivity contribution in [2.24, 2.45) is 35.5 Å². The van der Waals surface area contributed by atoms with Crippen LogP contribution in [0.2, 0.25) is 18.1 Å². The third-order valence-corrected chi connectivity index (χ3v) is 22.7. The van der Waals surface area contributed by atoms with Crippen LogP contribution in [-0.2, 0) is 33.3 Å². The Morgan fingerprint density at radius 2 is 1.24 bits per heavy atom. The number of β-lactam (4-membered cyclic amide) rings is 1. The van der Waals surface area contributed by atoms with Crippen LogP contribution in [0.5, 0.6) is 0 Å². The summed E-state index contributed by atoms with van der Waals surface area (Å²) in [5.74, 6) is -0.138. The van der Waals surface area contributed by atoms with Crippen molar-refractivity contribution in [2.45, 2.75) is 161 Å². The van der Waals surface area contributed by atoms with Crippen LogP contribution < -0.4 is 4.90 Å². The lowest BCUT2D eigenvalue weighted by Gasteiger charge is -2.49. The first kappa shape index (κ1) is 52.1. The molecule has 13 atom stereocenters. The molecule has 0 bridgehead atoms. The lowest BCUT2D eigenvalue weighted by atomic mass is 9.77. The van der Waals surface area contributed by atoms with E-state index in [1.165, 1.54) is 24.3 Å². The molecule has 4 aromatic carbocycles. The second-order valence-corrected chi connectivity index (χ2v) is 28.4. The van der Waals surface area contributed by atoms with Crippen molar-refractivity contribution in [2.75, 3.05) is 10.7 Å². The quantitative estimate of drug-likeness (QED) is 0.0816. The van der Waals surface area contributed by atoms with Crippen molar-refractivity contribution in [3.8, 4) is 11.1 Å². The van der Waals surface area contributed by atoms with Crippen molar-refractivity contribution in [3.05, 3.63) is 120 Å². The predicted octanol–water partition coefficient (Wildman–Crippen LogP) is 13.5. The third-order valence-electron chi connectivity index (χ3n) is 16.5. The maximum atomic E-state index is 14.1. The SMILES string of the molecule is CCC1O[C@@H](O[C@H]2C(CC)O[C@@H](CS(=O)(=O)c3ccc(-c4ccc([C@@H]5[C@@H](CC[C@@H](O[Si](C)(C)C(C)(C)C)c6ccc(F)cc6)C(=O)N5c5ccc(F)cc5)cc4)cc3)C(C)[C@H]2C)C(C)[C@@H](C)[C@H]1C. The van der Waals surface area contributed by atoms with E-state index in [9.17, 15) is 22.0 Å². The van der Waals surface area contributed by atoms with Gasteiger partial charge in [0.25, 0.3) is 0 Å². The van der Waals surface area contributed by atoms with E-state index in [1.807, 2.05) is 36.4 Å². The highest BCUT2D eigenvalue weighted by atomic mass is 32.2. The van der Waals surface area contributed by atoms with Gasteiger partial charge in [-0.3, -0.25) is 4.79 Å². The molecule has 4 unspecified atom stereocenters. The second-order valence-electron chi connectivity index (χ2n) is 21.6. The highest BCUT2D eigenvalue weighted by Gasteiger charge is 2.50. The summed E-state index contributed by atoms with van der Waals surface area (Å²) < 4.78 is 83.1. The van der Waals surface area contributed by atoms with Crippen LogP contribution in [0.1, 0.15) is 118 Å². The van der Waals surface area contributed by atoms with Gasteiger partial charge in [0.05, 0.1) is 53.1 Å². The van der Waals surface area contributed by atoms with E-state index >= 15 is 0 Å². The highest BCUT2D eigenvalue weighted by molar-refractivity contribution is 7.91. The van der Waals surface area contributed by atoms with E-state index in [4.69, 9.17) is 18.6 Å². The number of hydrogen-bond acceptors (Lipinski definition) is 7. The Morgan fingerprint density at radius 1 is 0.691 bits per heavy atom. The first-order valence-corrected chi connectivity index (χ1v) is 29.5. The summed E-state index contributed by atoms with van der Waals surface area (Å²) in [5.41, 5.74) is 4.17. The summed E-state index contributed by atoms with van der Waals surface area (Å²) >= 11 is 0. The molecule has 0 aromatic heterocycles. The Kier molecular flexibility index (Phi) is 16.0. The van der Waals surface area contributed by atoms with E-state index in [0.717, 1.165) is 28.7 Å². The summed E-state index contributed by atoms with van der Waals surface area (Å²) in [7, 11) is -5.97. The van der Waals surface area contributed by atoms with Crippen LogP contribution in [0.3, 0.4) is 0 Å². The number of amides is 1. The molecule has 0 saturated carbocycles. The summed E-state index contributed by atoms with van der Waals surface area (Å²) in [5, 5.41) is -0.0585. The maximum Gasteiger partial charge on any atom is 0.233 e. The minimum Gasteiger partial charge on any atom is -0.410 e. The molecule has 0 radical (unpaired) electrons. The van der Waals surface area contributed by atoms with Gasteiger partial charge in [-0.05, 0) is 138 Å². The van der Waals surface area contributed by atoms with E-state index in [2.05, 4.69) is 82.3 Å². The number of nitrogens with zero attached hydrogens (tertiary/aromatic N) is 1. The number of halogens is 2. The zero-order valence-corrected chi connectivity index (χ0v) is 44.1. The van der Waals surface area contributed by atoms with Gasteiger partial charge in [-0.25, -0.2) is 17.2 Å². The Balaban J connectivity index is 1.05. The molecule has 1 amide bonds. The van der Waals surface area contributed by atoms with Gasteiger partial charge in [0.15, 0.2) is 24.4 Å². The topological polar surface area (TPSA) is 91.4 Å². The fourth-order valence-corrected chi connectivity index (χ4v) is 13.2. The Bertz CT molecular complexity index is 2420. The van der Waals surface area contributed by atoms with Crippen LogP contribution in [0.4, 0.5) is 14.5 Å². The van der Waals surface area contributed by atoms with E-state index < -0.39 is 24.3 Å². The number of rotatable bonds is 16. The molecular formula is C56H75F2NO7SSi. The van der Waals surface area contributed by atoms with Gasteiger partial charge >= 0.3 is 0 Å². The van der Waals surface area contributed by atoms with Crippen molar-refractivity contribution < 1.29 is 40.6 Å². The summed E-state index contributed by atoms with van der Waals surface area (Å²) in [6.45, 7) is 26.1. The molecule has 4 aromatic rings. The molecule has 0 aliphatic carbocycles. The van der Waals surface area contributed by atoms with Gasteiger partial charge in [0.2, 0.25) is 5.91 Å². The minimum atomic E-state index is -3.71. The van der Waals surface area contributed by atoms with Gasteiger partial charge in [-0.2, -0.15) is 0 Å². The molecule has 68 heavy (non-hydrogen) atoms. The van der Waals surface area contributed by atoms with E-state index in [0.29, 0.717) is 36.8 Å². The first-order valence-electron chi connectivity index (χ1n) is 25.0. The Labute approximate surface area is 406 Å². The summed E-state index contributed by atoms with van der Waals surface area (Å²) in [6, 6.07) is 27.2. The largest absolute Gasteiger partial charge is 0.410 e. The van der Waals surface area contributed by atoms with Crippen LogP contribution in [-0.4, -0.2) is 59.1 Å². The average Bonchev–Trinajstić information content (AvgIpc) is 3.30. The lowest BCUT2D eigenvalue weighted by Crippen LogP contribution is -2.55. The fourth-order valence-electron chi connectivity index (χ4n) is 10.4. The molecule has 7 rings (SSSR count). The lowest BCUT2D eigenvalue weighted by molar-refractivity contribution is -0.299. The van der Waals surface area contributed by atoms with Gasteiger partial charge < -0.3 is 23.5 Å². The third kappa shape index (κ3) is 10.9. The monoisotopic (exact) mass is 972 g/mol. The smallest absolute Gasteiger partial charge is 0.233 e. The summed E-state index contributed by atoms with van der Waals surface area (Å²) in [6.07, 6.45) is 1.23. The molecule has 3 fully saturated rings. The van der Waals surface area contributed by atoms with Crippen molar-refractivity contribution >= 4 is 29.7 Å². The molecule has 3 heterocycles. The van der Waals surface area contributed by atoms with Crippen molar-refractivity contribution in [1.29, 1.82) is 0 Å². The highest BCUT2D eigenvalue weighted by Crippen LogP contribution is 2.49. The van der Waals surface area contributed by atoms with Gasteiger partial charge in [0, 0.05) is 11.6 Å². The number of anilines is 1. The number of ether oxygens (including phenoxy) is 3.